The third kappa shape index (κ3) is 3.89. The van der Waals surface area contributed by atoms with E-state index in [9.17, 15) is 8.42 Å². The van der Waals surface area contributed by atoms with Gasteiger partial charge in [0.2, 0.25) is 10.0 Å². The minimum Gasteiger partial charge on any atom is -0.301 e. The zero-order chi connectivity index (χ0) is 13.7. The fourth-order valence-corrected chi connectivity index (χ4v) is 3.29. The van der Waals surface area contributed by atoms with Crippen molar-refractivity contribution in [2.45, 2.75) is 6.92 Å². The first-order chi connectivity index (χ1) is 9.12. The Bertz CT molecular complexity index is 518. The fourth-order valence-electron chi connectivity index (χ4n) is 2.11. The highest BCUT2D eigenvalue weighted by molar-refractivity contribution is 7.92. The Hall–Kier alpha value is -1.17. The van der Waals surface area contributed by atoms with Crippen molar-refractivity contribution in [2.24, 2.45) is 0 Å². The van der Waals surface area contributed by atoms with Gasteiger partial charge in [0.05, 0.1) is 0 Å². The molecule has 0 saturated carbocycles. The minimum absolute atomic E-state index is 0.579. The average molecular weight is 280 g/mol. The van der Waals surface area contributed by atoms with Crippen molar-refractivity contribution >= 4 is 16.1 Å². The second-order valence-corrected chi connectivity index (χ2v) is 6.41. The van der Waals surface area contributed by atoms with Crippen LogP contribution in [0.15, 0.2) is 35.7 Å². The maximum atomic E-state index is 12.2. The molecule has 1 aromatic rings. The van der Waals surface area contributed by atoms with Crippen LogP contribution in [0.3, 0.4) is 0 Å². The van der Waals surface area contributed by atoms with E-state index in [4.69, 9.17) is 0 Å². The zero-order valence-electron chi connectivity index (χ0n) is 11.2. The minimum atomic E-state index is -3.29. The van der Waals surface area contributed by atoms with Gasteiger partial charge in [0.25, 0.3) is 0 Å². The van der Waals surface area contributed by atoms with E-state index >= 15 is 0 Å². The summed E-state index contributed by atoms with van der Waals surface area (Å²) in [6.45, 7) is 5.86. The molecule has 1 heterocycles. The van der Waals surface area contributed by atoms with Gasteiger partial charge in [-0.15, -0.1) is 0 Å². The van der Waals surface area contributed by atoms with Crippen molar-refractivity contribution in [1.29, 1.82) is 0 Å². The maximum absolute atomic E-state index is 12.2. The molecular formula is C14H20N2O2S. The first kappa shape index (κ1) is 14.2. The van der Waals surface area contributed by atoms with Crippen LogP contribution in [0.5, 0.6) is 0 Å². The molecule has 0 atom stereocenters. The number of hydrogen-bond acceptors (Lipinski definition) is 3. The monoisotopic (exact) mass is 280 g/mol. The molecule has 0 radical (unpaired) electrons. The number of hydrogen-bond donors (Lipinski definition) is 0. The molecule has 0 amide bonds. The molecule has 2 rings (SSSR count). The summed E-state index contributed by atoms with van der Waals surface area (Å²) in [5.41, 5.74) is 0.901. The summed E-state index contributed by atoms with van der Waals surface area (Å²) in [6, 6.07) is 9.48. The Kier molecular flexibility index (Phi) is 4.74. The highest BCUT2D eigenvalue weighted by Crippen LogP contribution is 2.11. The number of rotatable bonds is 4. The molecular weight excluding hydrogens is 260 g/mol. The molecule has 0 aromatic heterocycles. The first-order valence-corrected chi connectivity index (χ1v) is 8.08. The SMILES string of the molecule is CCN1CCN(S(=O)(=O)/C=C\c2ccccc2)CC1. The summed E-state index contributed by atoms with van der Waals surface area (Å²) in [5.74, 6) is 0. The number of nitrogens with zero attached hydrogens (tertiary/aromatic N) is 2. The summed E-state index contributed by atoms with van der Waals surface area (Å²) in [5, 5.41) is 1.31. The quantitative estimate of drug-likeness (QED) is 0.841. The highest BCUT2D eigenvalue weighted by Gasteiger charge is 2.23. The third-order valence-corrected chi connectivity index (χ3v) is 4.94. The van der Waals surface area contributed by atoms with E-state index in [-0.39, 0.29) is 0 Å². The predicted octanol–water partition coefficient (Wildman–Crippen LogP) is 1.62. The molecule has 1 aliphatic heterocycles. The molecule has 0 bridgehead atoms. The van der Waals surface area contributed by atoms with Crippen LogP contribution in [0.1, 0.15) is 12.5 Å². The summed E-state index contributed by atoms with van der Waals surface area (Å²) in [4.78, 5) is 2.26. The molecule has 1 fully saturated rings. The Morgan fingerprint density at radius 2 is 1.74 bits per heavy atom. The molecule has 0 N–H and O–H groups in total. The van der Waals surface area contributed by atoms with E-state index in [2.05, 4.69) is 11.8 Å². The zero-order valence-corrected chi connectivity index (χ0v) is 12.0. The topological polar surface area (TPSA) is 40.6 Å². The van der Waals surface area contributed by atoms with Crippen molar-refractivity contribution in [1.82, 2.24) is 9.21 Å². The van der Waals surface area contributed by atoms with E-state index in [1.807, 2.05) is 30.3 Å². The van der Waals surface area contributed by atoms with Crippen LogP contribution in [-0.4, -0.2) is 50.3 Å². The van der Waals surface area contributed by atoms with Crippen LogP contribution >= 0.6 is 0 Å². The van der Waals surface area contributed by atoms with Crippen LogP contribution in [0.2, 0.25) is 0 Å². The van der Waals surface area contributed by atoms with Crippen LogP contribution in [-0.2, 0) is 10.0 Å². The largest absolute Gasteiger partial charge is 0.301 e. The van der Waals surface area contributed by atoms with Crippen LogP contribution < -0.4 is 0 Å². The van der Waals surface area contributed by atoms with Gasteiger partial charge in [0, 0.05) is 31.6 Å². The molecule has 0 aliphatic carbocycles. The van der Waals surface area contributed by atoms with E-state index in [1.165, 1.54) is 5.41 Å². The molecule has 5 heteroatoms. The molecule has 1 aliphatic rings. The van der Waals surface area contributed by atoms with Crippen molar-refractivity contribution in [2.75, 3.05) is 32.7 Å². The van der Waals surface area contributed by atoms with Gasteiger partial charge in [-0.2, -0.15) is 4.31 Å². The lowest BCUT2D eigenvalue weighted by Gasteiger charge is -2.32. The summed E-state index contributed by atoms with van der Waals surface area (Å²) >= 11 is 0. The smallest absolute Gasteiger partial charge is 0.236 e. The van der Waals surface area contributed by atoms with Crippen LogP contribution in [0, 0.1) is 0 Å². The van der Waals surface area contributed by atoms with Crippen LogP contribution in [0.4, 0.5) is 0 Å². The van der Waals surface area contributed by atoms with Crippen molar-refractivity contribution < 1.29 is 8.42 Å². The lowest BCUT2D eigenvalue weighted by molar-refractivity contribution is 0.197. The second kappa shape index (κ2) is 6.32. The molecule has 19 heavy (non-hydrogen) atoms. The Balaban J connectivity index is 2.01. The summed E-state index contributed by atoms with van der Waals surface area (Å²) < 4.78 is 25.9. The lowest BCUT2D eigenvalue weighted by atomic mass is 10.2. The number of benzene rings is 1. The fraction of sp³-hybridized carbons (Fsp3) is 0.429. The predicted molar refractivity (Wildman–Crippen MR) is 78.1 cm³/mol. The van der Waals surface area contributed by atoms with E-state index in [0.717, 1.165) is 25.2 Å². The number of likely N-dealkylation sites (N-methyl/N-ethyl adjacent to an activating group) is 1. The molecule has 0 spiro atoms. The van der Waals surface area contributed by atoms with Gasteiger partial charge in [0.1, 0.15) is 0 Å². The van der Waals surface area contributed by atoms with E-state index in [0.29, 0.717) is 13.1 Å². The maximum Gasteiger partial charge on any atom is 0.236 e. The lowest BCUT2D eigenvalue weighted by Crippen LogP contribution is -2.47. The van der Waals surface area contributed by atoms with Crippen molar-refractivity contribution in [3.63, 3.8) is 0 Å². The molecule has 1 aromatic carbocycles. The molecule has 0 unspecified atom stereocenters. The van der Waals surface area contributed by atoms with E-state index < -0.39 is 10.0 Å². The molecule has 1 saturated heterocycles. The van der Waals surface area contributed by atoms with Gasteiger partial charge in [-0.05, 0) is 18.2 Å². The standard InChI is InChI=1S/C14H20N2O2S/c1-2-15-9-11-16(12-10-15)19(17,18)13-8-14-6-4-3-5-7-14/h3-8,13H,2,9-12H2,1H3/b13-8-. The van der Waals surface area contributed by atoms with Gasteiger partial charge >= 0.3 is 0 Å². The van der Waals surface area contributed by atoms with Crippen molar-refractivity contribution in [3.8, 4) is 0 Å². The summed E-state index contributed by atoms with van der Waals surface area (Å²) in [6.07, 6.45) is 1.65. The average Bonchev–Trinajstić information content (AvgIpc) is 2.46. The van der Waals surface area contributed by atoms with Gasteiger partial charge < -0.3 is 4.90 Å². The second-order valence-electron chi connectivity index (χ2n) is 4.59. The Labute approximate surface area is 115 Å². The normalized spacial score (nSPS) is 19.0. The number of piperazine rings is 1. The van der Waals surface area contributed by atoms with Gasteiger partial charge in [-0.25, -0.2) is 8.42 Å². The first-order valence-electron chi connectivity index (χ1n) is 6.57. The van der Waals surface area contributed by atoms with Gasteiger partial charge in [-0.3, -0.25) is 0 Å². The van der Waals surface area contributed by atoms with Gasteiger partial charge in [-0.1, -0.05) is 37.3 Å². The van der Waals surface area contributed by atoms with Crippen molar-refractivity contribution in [3.05, 3.63) is 41.3 Å². The number of sulfonamides is 1. The van der Waals surface area contributed by atoms with Crippen LogP contribution in [0.25, 0.3) is 6.08 Å². The Morgan fingerprint density at radius 1 is 1.11 bits per heavy atom. The van der Waals surface area contributed by atoms with E-state index in [1.54, 1.807) is 10.4 Å². The highest BCUT2D eigenvalue weighted by atomic mass is 32.2. The molecule has 4 nitrogen and oxygen atoms in total. The molecule has 104 valence electrons. The Morgan fingerprint density at radius 3 is 2.32 bits per heavy atom. The van der Waals surface area contributed by atoms with Gasteiger partial charge in [0.15, 0.2) is 0 Å². The summed E-state index contributed by atoms with van der Waals surface area (Å²) in [7, 11) is -3.29. The third-order valence-electron chi connectivity index (χ3n) is 3.37.